The molecule has 0 atom stereocenters. The Morgan fingerprint density at radius 3 is 2.50 bits per heavy atom. The zero-order valence-electron chi connectivity index (χ0n) is 14.6. The third-order valence-electron chi connectivity index (χ3n) is 4.50. The molecule has 24 heavy (non-hydrogen) atoms. The predicted octanol–water partition coefficient (Wildman–Crippen LogP) is 1.62. The van der Waals surface area contributed by atoms with E-state index in [1.807, 2.05) is 18.2 Å². The fourth-order valence-corrected chi connectivity index (χ4v) is 2.98. The van der Waals surface area contributed by atoms with Crippen molar-refractivity contribution in [2.45, 2.75) is 26.2 Å². The third kappa shape index (κ3) is 4.63. The number of hydrogen-bond donors (Lipinski definition) is 1. The van der Waals surface area contributed by atoms with Crippen LogP contribution in [0.1, 0.15) is 25.3 Å². The summed E-state index contributed by atoms with van der Waals surface area (Å²) in [6, 6.07) is 5.68. The van der Waals surface area contributed by atoms with E-state index in [4.69, 9.17) is 9.47 Å². The lowest BCUT2D eigenvalue weighted by Gasteiger charge is -2.30. The molecule has 0 bridgehead atoms. The summed E-state index contributed by atoms with van der Waals surface area (Å²) in [5, 5.41) is 3.00. The highest BCUT2D eigenvalue weighted by Crippen LogP contribution is 2.24. The van der Waals surface area contributed by atoms with E-state index in [0.717, 1.165) is 29.9 Å². The normalized spacial score (nSPS) is 15.0. The van der Waals surface area contributed by atoms with Gasteiger partial charge in [-0.1, -0.05) is 6.07 Å². The Morgan fingerprint density at radius 2 is 1.92 bits per heavy atom. The Balaban J connectivity index is 1.80. The molecule has 0 aromatic heterocycles. The molecule has 1 N–H and O–H groups in total. The highest BCUT2D eigenvalue weighted by atomic mass is 16.5. The highest BCUT2D eigenvalue weighted by molar-refractivity contribution is 5.79. The van der Waals surface area contributed by atoms with Crippen molar-refractivity contribution in [2.75, 3.05) is 33.9 Å². The van der Waals surface area contributed by atoms with Crippen LogP contribution < -0.4 is 14.8 Å². The number of carbonyl (C=O) groups excluding carboxylic acids is 2. The number of likely N-dealkylation sites (tertiary alicyclic amines) is 1. The Hall–Kier alpha value is -2.24. The summed E-state index contributed by atoms with van der Waals surface area (Å²) in [5.41, 5.74) is 1.03. The van der Waals surface area contributed by atoms with Gasteiger partial charge in [-0.2, -0.15) is 0 Å². The van der Waals surface area contributed by atoms with Gasteiger partial charge in [0, 0.05) is 38.5 Å². The van der Waals surface area contributed by atoms with Gasteiger partial charge in [0.1, 0.15) is 11.5 Å². The molecule has 2 amide bonds. The molecule has 0 aliphatic carbocycles. The van der Waals surface area contributed by atoms with Crippen LogP contribution in [0.5, 0.6) is 11.5 Å². The smallest absolute Gasteiger partial charge is 0.223 e. The monoisotopic (exact) mass is 334 g/mol. The zero-order chi connectivity index (χ0) is 17.5. The molecular formula is C18H26N2O4. The van der Waals surface area contributed by atoms with E-state index in [9.17, 15) is 9.59 Å². The molecule has 132 valence electrons. The molecule has 1 aromatic carbocycles. The number of methoxy groups -OCH3 is 2. The lowest BCUT2D eigenvalue weighted by Crippen LogP contribution is -2.42. The Morgan fingerprint density at radius 1 is 1.21 bits per heavy atom. The van der Waals surface area contributed by atoms with Gasteiger partial charge in [0.05, 0.1) is 14.2 Å². The molecule has 1 saturated heterocycles. The van der Waals surface area contributed by atoms with Crippen molar-refractivity contribution >= 4 is 11.8 Å². The average Bonchev–Trinajstić information content (AvgIpc) is 2.61. The van der Waals surface area contributed by atoms with Gasteiger partial charge in [-0.05, 0) is 30.9 Å². The number of nitrogens with one attached hydrogen (secondary N) is 1. The molecule has 1 aromatic rings. The fourth-order valence-electron chi connectivity index (χ4n) is 2.98. The van der Waals surface area contributed by atoms with Gasteiger partial charge in [-0.3, -0.25) is 9.59 Å². The van der Waals surface area contributed by atoms with Crippen molar-refractivity contribution in [3.63, 3.8) is 0 Å². The van der Waals surface area contributed by atoms with Crippen LogP contribution >= 0.6 is 0 Å². The minimum atomic E-state index is -0.00152. The van der Waals surface area contributed by atoms with Gasteiger partial charge < -0.3 is 19.7 Å². The Kier molecular flexibility index (Phi) is 6.46. The van der Waals surface area contributed by atoms with Crippen LogP contribution in [0.25, 0.3) is 0 Å². The first-order chi connectivity index (χ1) is 11.5. The maximum atomic E-state index is 12.3. The van der Waals surface area contributed by atoms with E-state index in [-0.39, 0.29) is 17.7 Å². The first-order valence-corrected chi connectivity index (χ1v) is 8.29. The summed E-state index contributed by atoms with van der Waals surface area (Å²) in [6.07, 6.45) is 2.17. The van der Waals surface area contributed by atoms with Gasteiger partial charge in [0.15, 0.2) is 0 Å². The molecule has 6 heteroatoms. The molecular weight excluding hydrogens is 308 g/mol. The van der Waals surface area contributed by atoms with E-state index in [0.29, 0.717) is 26.1 Å². The maximum absolute atomic E-state index is 12.3. The summed E-state index contributed by atoms with van der Waals surface area (Å²) < 4.78 is 10.5. The third-order valence-corrected chi connectivity index (χ3v) is 4.50. The zero-order valence-corrected chi connectivity index (χ0v) is 14.6. The average molecular weight is 334 g/mol. The van der Waals surface area contributed by atoms with E-state index >= 15 is 0 Å². The molecule has 0 spiro atoms. The lowest BCUT2D eigenvalue weighted by atomic mass is 9.96. The molecule has 1 heterocycles. The minimum absolute atomic E-state index is 0.00152. The number of nitrogens with zero attached hydrogens (tertiary/aromatic N) is 1. The number of amides is 2. The second-order valence-corrected chi connectivity index (χ2v) is 6.00. The fraction of sp³-hybridized carbons (Fsp3) is 0.556. The van der Waals surface area contributed by atoms with Crippen LogP contribution in [0.3, 0.4) is 0 Å². The largest absolute Gasteiger partial charge is 0.497 e. The van der Waals surface area contributed by atoms with Crippen LogP contribution in [0.15, 0.2) is 18.2 Å². The molecule has 6 nitrogen and oxygen atoms in total. The SMILES string of the molecule is COc1ccc(CCNC(=O)C2CCN(C(C)=O)CC2)c(OC)c1. The lowest BCUT2D eigenvalue weighted by molar-refractivity contribution is -0.133. The minimum Gasteiger partial charge on any atom is -0.497 e. The summed E-state index contributed by atoms with van der Waals surface area (Å²) in [7, 11) is 3.24. The molecule has 0 saturated carbocycles. The first-order valence-electron chi connectivity index (χ1n) is 8.29. The van der Waals surface area contributed by atoms with Crippen molar-refractivity contribution < 1.29 is 19.1 Å². The van der Waals surface area contributed by atoms with Crippen molar-refractivity contribution in [3.05, 3.63) is 23.8 Å². The molecule has 0 radical (unpaired) electrons. The molecule has 0 unspecified atom stereocenters. The van der Waals surface area contributed by atoms with Gasteiger partial charge >= 0.3 is 0 Å². The molecule has 1 fully saturated rings. The number of piperidine rings is 1. The Labute approximate surface area is 143 Å². The van der Waals surface area contributed by atoms with Crippen molar-refractivity contribution in [2.24, 2.45) is 5.92 Å². The molecule has 1 aliphatic rings. The van der Waals surface area contributed by atoms with Gasteiger partial charge in [0.25, 0.3) is 0 Å². The summed E-state index contributed by atoms with van der Waals surface area (Å²) in [5.74, 6) is 1.67. The molecule has 1 aliphatic heterocycles. The summed E-state index contributed by atoms with van der Waals surface area (Å²) in [6.45, 7) is 3.47. The van der Waals surface area contributed by atoms with E-state index < -0.39 is 0 Å². The predicted molar refractivity (Wildman–Crippen MR) is 91.2 cm³/mol. The van der Waals surface area contributed by atoms with E-state index in [2.05, 4.69) is 5.32 Å². The van der Waals surface area contributed by atoms with Gasteiger partial charge in [0.2, 0.25) is 11.8 Å². The van der Waals surface area contributed by atoms with Crippen LogP contribution in [0.4, 0.5) is 0 Å². The van der Waals surface area contributed by atoms with Crippen molar-refractivity contribution in [3.8, 4) is 11.5 Å². The number of ether oxygens (including phenoxy) is 2. The maximum Gasteiger partial charge on any atom is 0.223 e. The first kappa shape index (κ1) is 18.1. The van der Waals surface area contributed by atoms with E-state index in [1.54, 1.807) is 26.0 Å². The number of carbonyl (C=O) groups is 2. The second kappa shape index (κ2) is 8.57. The Bertz CT molecular complexity index is 580. The quantitative estimate of drug-likeness (QED) is 0.858. The molecule has 2 rings (SSSR count). The van der Waals surface area contributed by atoms with E-state index in [1.165, 1.54) is 0 Å². The van der Waals surface area contributed by atoms with Crippen molar-refractivity contribution in [1.82, 2.24) is 10.2 Å². The van der Waals surface area contributed by atoms with Crippen LogP contribution in [0.2, 0.25) is 0 Å². The summed E-state index contributed by atoms with van der Waals surface area (Å²) >= 11 is 0. The standard InChI is InChI=1S/C18H26N2O4/c1-13(21)20-10-7-15(8-11-20)18(22)19-9-6-14-4-5-16(23-2)12-17(14)24-3/h4-5,12,15H,6-11H2,1-3H3,(H,19,22). The van der Waals surface area contributed by atoms with Gasteiger partial charge in [-0.15, -0.1) is 0 Å². The number of rotatable bonds is 6. The van der Waals surface area contributed by atoms with Crippen molar-refractivity contribution in [1.29, 1.82) is 0 Å². The topological polar surface area (TPSA) is 67.9 Å². The second-order valence-electron chi connectivity index (χ2n) is 6.00. The number of benzene rings is 1. The van der Waals surface area contributed by atoms with Crippen LogP contribution in [0, 0.1) is 5.92 Å². The summed E-state index contributed by atoms with van der Waals surface area (Å²) in [4.78, 5) is 25.4. The van der Waals surface area contributed by atoms with Gasteiger partial charge in [-0.25, -0.2) is 0 Å². The van der Waals surface area contributed by atoms with Crippen LogP contribution in [-0.2, 0) is 16.0 Å². The highest BCUT2D eigenvalue weighted by Gasteiger charge is 2.25. The number of hydrogen-bond acceptors (Lipinski definition) is 4. The van der Waals surface area contributed by atoms with Crippen LogP contribution in [-0.4, -0.2) is 50.6 Å².